The zero-order valence-corrected chi connectivity index (χ0v) is 19.7. The first-order valence-corrected chi connectivity index (χ1v) is 11.7. The van der Waals surface area contributed by atoms with E-state index in [0.717, 1.165) is 11.3 Å². The van der Waals surface area contributed by atoms with Gasteiger partial charge in [0.1, 0.15) is 6.04 Å². The van der Waals surface area contributed by atoms with Crippen LogP contribution in [0.25, 0.3) is 0 Å². The lowest BCUT2D eigenvalue weighted by atomic mass is 10.1. The summed E-state index contributed by atoms with van der Waals surface area (Å²) in [5.41, 5.74) is 3.30. The highest BCUT2D eigenvalue weighted by molar-refractivity contribution is 7.99. The summed E-state index contributed by atoms with van der Waals surface area (Å²) in [5.74, 6) is 1.23. The maximum absolute atomic E-state index is 13.1. The molecule has 0 aliphatic heterocycles. The van der Waals surface area contributed by atoms with Crippen molar-refractivity contribution in [2.75, 3.05) is 12.3 Å². The van der Waals surface area contributed by atoms with Gasteiger partial charge in [-0.05, 0) is 43.0 Å². The molecule has 4 nitrogen and oxygen atoms in total. The highest BCUT2D eigenvalue weighted by atomic mass is 35.5. The van der Waals surface area contributed by atoms with E-state index in [0.29, 0.717) is 29.8 Å². The first kappa shape index (κ1) is 24.3. The van der Waals surface area contributed by atoms with Gasteiger partial charge in [0, 0.05) is 23.9 Å². The maximum Gasteiger partial charge on any atom is 0.242 e. The van der Waals surface area contributed by atoms with Crippen LogP contribution >= 0.6 is 23.4 Å². The molecule has 0 saturated carbocycles. The van der Waals surface area contributed by atoms with Crippen LogP contribution in [0, 0.1) is 12.8 Å². The molecule has 0 heterocycles. The van der Waals surface area contributed by atoms with E-state index < -0.39 is 6.04 Å². The molecule has 2 amide bonds. The molecule has 0 radical (unpaired) electrons. The SMILES string of the molecule is Cc1cccc(CSCC(=O)N(Cc2cccc(Cl)c2)[C@@H](C)C(=O)NCC(C)C)c1. The third kappa shape index (κ3) is 8.04. The molecule has 162 valence electrons. The van der Waals surface area contributed by atoms with E-state index in [1.807, 2.05) is 38.1 Å². The molecular formula is C24H31ClN2O2S. The molecule has 2 aromatic carbocycles. The second-order valence-corrected chi connectivity index (χ2v) is 9.37. The number of halogens is 1. The van der Waals surface area contributed by atoms with Gasteiger partial charge in [0.05, 0.1) is 5.75 Å². The number of benzene rings is 2. The lowest BCUT2D eigenvalue weighted by Gasteiger charge is -2.29. The molecular weight excluding hydrogens is 416 g/mol. The lowest BCUT2D eigenvalue weighted by Crippen LogP contribution is -2.48. The maximum atomic E-state index is 13.1. The van der Waals surface area contributed by atoms with Crippen molar-refractivity contribution in [1.29, 1.82) is 0 Å². The number of carbonyl (C=O) groups is 2. The third-order valence-electron chi connectivity index (χ3n) is 4.67. The van der Waals surface area contributed by atoms with Crippen molar-refractivity contribution < 1.29 is 9.59 Å². The van der Waals surface area contributed by atoms with E-state index in [9.17, 15) is 9.59 Å². The van der Waals surface area contributed by atoms with Crippen LogP contribution in [0.1, 0.15) is 37.5 Å². The molecule has 1 N–H and O–H groups in total. The smallest absolute Gasteiger partial charge is 0.242 e. The van der Waals surface area contributed by atoms with Gasteiger partial charge < -0.3 is 10.2 Å². The van der Waals surface area contributed by atoms with Crippen molar-refractivity contribution in [2.24, 2.45) is 5.92 Å². The van der Waals surface area contributed by atoms with E-state index in [2.05, 4.69) is 30.4 Å². The Kier molecular flexibility index (Phi) is 9.73. The van der Waals surface area contributed by atoms with Crippen LogP contribution in [-0.4, -0.2) is 35.1 Å². The van der Waals surface area contributed by atoms with Crippen molar-refractivity contribution >= 4 is 35.2 Å². The molecule has 0 aliphatic carbocycles. The Morgan fingerprint density at radius 2 is 1.77 bits per heavy atom. The Bertz CT molecular complexity index is 857. The third-order valence-corrected chi connectivity index (χ3v) is 5.89. The molecule has 0 spiro atoms. The van der Waals surface area contributed by atoms with Gasteiger partial charge in [-0.15, -0.1) is 11.8 Å². The second kappa shape index (κ2) is 12.0. The number of amides is 2. The number of rotatable bonds is 10. The van der Waals surface area contributed by atoms with E-state index >= 15 is 0 Å². The molecule has 0 aromatic heterocycles. The summed E-state index contributed by atoms with van der Waals surface area (Å²) < 4.78 is 0. The van der Waals surface area contributed by atoms with Gasteiger partial charge in [-0.25, -0.2) is 0 Å². The molecule has 2 rings (SSSR count). The molecule has 0 saturated heterocycles. The monoisotopic (exact) mass is 446 g/mol. The van der Waals surface area contributed by atoms with Crippen LogP contribution in [0.2, 0.25) is 5.02 Å². The Hall–Kier alpha value is -1.98. The molecule has 0 unspecified atom stereocenters. The van der Waals surface area contributed by atoms with E-state index in [-0.39, 0.29) is 11.8 Å². The van der Waals surface area contributed by atoms with E-state index in [4.69, 9.17) is 11.6 Å². The largest absolute Gasteiger partial charge is 0.354 e. The number of nitrogens with one attached hydrogen (secondary N) is 1. The normalized spacial score (nSPS) is 11.9. The number of nitrogens with zero attached hydrogens (tertiary/aromatic N) is 1. The zero-order chi connectivity index (χ0) is 22.1. The lowest BCUT2D eigenvalue weighted by molar-refractivity contribution is -0.138. The number of hydrogen-bond donors (Lipinski definition) is 1. The van der Waals surface area contributed by atoms with E-state index in [1.54, 1.807) is 29.7 Å². The quantitative estimate of drug-likeness (QED) is 0.554. The average Bonchev–Trinajstić information content (AvgIpc) is 2.69. The standard InChI is InChI=1S/C24H31ClN2O2S/c1-17(2)13-26-24(29)19(4)27(14-20-8-6-10-22(25)12-20)23(28)16-30-15-21-9-5-7-18(3)11-21/h5-12,17,19H,13-16H2,1-4H3,(H,26,29)/t19-/m0/s1. The summed E-state index contributed by atoms with van der Waals surface area (Å²) in [6.07, 6.45) is 0. The van der Waals surface area contributed by atoms with Crippen LogP contribution in [0.3, 0.4) is 0 Å². The highest BCUT2D eigenvalue weighted by Gasteiger charge is 2.26. The minimum absolute atomic E-state index is 0.0557. The van der Waals surface area contributed by atoms with Crippen LogP contribution in [0.5, 0.6) is 0 Å². The van der Waals surface area contributed by atoms with Crippen molar-refractivity contribution in [3.05, 3.63) is 70.2 Å². The number of aryl methyl sites for hydroxylation is 1. The highest BCUT2D eigenvalue weighted by Crippen LogP contribution is 2.18. The van der Waals surface area contributed by atoms with Crippen molar-refractivity contribution in [3.63, 3.8) is 0 Å². The number of thioether (sulfide) groups is 1. The van der Waals surface area contributed by atoms with Crippen LogP contribution in [0.4, 0.5) is 0 Å². The van der Waals surface area contributed by atoms with E-state index in [1.165, 1.54) is 11.1 Å². The van der Waals surface area contributed by atoms with Crippen LogP contribution in [0.15, 0.2) is 48.5 Å². The van der Waals surface area contributed by atoms with Gasteiger partial charge >= 0.3 is 0 Å². The fourth-order valence-electron chi connectivity index (χ4n) is 3.01. The molecule has 1 atom stereocenters. The Morgan fingerprint density at radius 3 is 2.43 bits per heavy atom. The van der Waals surface area contributed by atoms with Gasteiger partial charge in [-0.2, -0.15) is 0 Å². The Morgan fingerprint density at radius 1 is 1.07 bits per heavy atom. The van der Waals surface area contributed by atoms with Crippen molar-refractivity contribution in [2.45, 2.75) is 46.0 Å². The summed E-state index contributed by atoms with van der Waals surface area (Å²) in [6.45, 7) is 8.86. The summed E-state index contributed by atoms with van der Waals surface area (Å²) >= 11 is 7.68. The van der Waals surface area contributed by atoms with Crippen LogP contribution in [-0.2, 0) is 21.9 Å². The molecule has 0 fully saturated rings. The summed E-state index contributed by atoms with van der Waals surface area (Å²) in [4.78, 5) is 27.4. The summed E-state index contributed by atoms with van der Waals surface area (Å²) in [7, 11) is 0. The van der Waals surface area contributed by atoms with Crippen molar-refractivity contribution in [1.82, 2.24) is 10.2 Å². The minimum Gasteiger partial charge on any atom is -0.354 e. The predicted molar refractivity (Wildman–Crippen MR) is 127 cm³/mol. The molecule has 6 heteroatoms. The second-order valence-electron chi connectivity index (χ2n) is 7.95. The topological polar surface area (TPSA) is 49.4 Å². The Labute approximate surface area is 189 Å². The minimum atomic E-state index is -0.560. The fraction of sp³-hybridized carbons (Fsp3) is 0.417. The molecule has 0 aliphatic rings. The molecule has 0 bridgehead atoms. The predicted octanol–water partition coefficient (Wildman–Crippen LogP) is 5.07. The first-order valence-electron chi connectivity index (χ1n) is 10.2. The molecule has 2 aromatic rings. The fourth-order valence-corrected chi connectivity index (χ4v) is 4.08. The number of hydrogen-bond acceptors (Lipinski definition) is 3. The first-order chi connectivity index (χ1) is 14.3. The average molecular weight is 447 g/mol. The van der Waals surface area contributed by atoms with Gasteiger partial charge in [0.25, 0.3) is 0 Å². The number of carbonyl (C=O) groups excluding carboxylic acids is 2. The van der Waals surface area contributed by atoms with Gasteiger partial charge in [-0.3, -0.25) is 9.59 Å². The summed E-state index contributed by atoms with van der Waals surface area (Å²) in [6, 6.07) is 15.1. The Balaban J connectivity index is 2.06. The van der Waals surface area contributed by atoms with Gasteiger partial charge in [0.2, 0.25) is 11.8 Å². The van der Waals surface area contributed by atoms with Gasteiger partial charge in [-0.1, -0.05) is 67.4 Å². The van der Waals surface area contributed by atoms with Crippen molar-refractivity contribution in [3.8, 4) is 0 Å². The van der Waals surface area contributed by atoms with Crippen LogP contribution < -0.4 is 5.32 Å². The molecule has 30 heavy (non-hydrogen) atoms. The van der Waals surface area contributed by atoms with Gasteiger partial charge in [0.15, 0.2) is 0 Å². The summed E-state index contributed by atoms with van der Waals surface area (Å²) in [5, 5.41) is 3.55. The zero-order valence-electron chi connectivity index (χ0n) is 18.2.